The van der Waals surface area contributed by atoms with Gasteiger partial charge in [-0.3, -0.25) is 19.8 Å². The Bertz CT molecular complexity index is 870. The summed E-state index contributed by atoms with van der Waals surface area (Å²) in [5.41, 5.74) is 0.455. The van der Waals surface area contributed by atoms with Crippen molar-refractivity contribution in [3.8, 4) is 11.5 Å². The van der Waals surface area contributed by atoms with Crippen molar-refractivity contribution in [2.24, 2.45) is 5.92 Å². The molecule has 2 aromatic rings. The van der Waals surface area contributed by atoms with Crippen LogP contribution < -0.4 is 0 Å². The number of ether oxygens (including phenoxy) is 1. The molecule has 26 heavy (non-hydrogen) atoms. The molecule has 1 aromatic heterocycles. The van der Waals surface area contributed by atoms with Crippen molar-refractivity contribution in [2.75, 3.05) is 20.2 Å². The molecule has 9 nitrogen and oxygen atoms in total. The third-order valence-corrected chi connectivity index (χ3v) is 4.66. The fourth-order valence-electron chi connectivity index (χ4n) is 2.93. The van der Waals surface area contributed by atoms with E-state index in [1.165, 1.54) is 19.2 Å². The van der Waals surface area contributed by atoms with Gasteiger partial charge in [0.15, 0.2) is 0 Å². The number of carbonyl (C=O) groups is 1. The molecular weight excluding hydrogens is 360 g/mol. The molecule has 0 aliphatic carbocycles. The first-order chi connectivity index (χ1) is 12.5. The van der Waals surface area contributed by atoms with Gasteiger partial charge in [0.25, 0.3) is 10.5 Å². The normalized spacial score (nSPS) is 15.7. The van der Waals surface area contributed by atoms with Gasteiger partial charge in [0.2, 0.25) is 5.89 Å². The van der Waals surface area contributed by atoms with Crippen molar-refractivity contribution >= 4 is 23.9 Å². The smallest absolute Gasteiger partial charge is 0.308 e. The maximum absolute atomic E-state index is 11.6. The number of nitrogens with zero attached hydrogens (tertiary/aromatic N) is 4. The molecule has 1 fully saturated rings. The molecule has 2 heterocycles. The van der Waals surface area contributed by atoms with Crippen LogP contribution in [0.25, 0.3) is 11.5 Å². The van der Waals surface area contributed by atoms with Crippen LogP contribution in [-0.4, -0.2) is 45.8 Å². The van der Waals surface area contributed by atoms with Crippen LogP contribution in [-0.2, 0) is 16.2 Å². The van der Waals surface area contributed by atoms with Crippen molar-refractivity contribution in [3.63, 3.8) is 0 Å². The number of rotatable bonds is 5. The molecular formula is C16H18N4O5S. The van der Waals surface area contributed by atoms with E-state index in [4.69, 9.17) is 21.4 Å². The van der Waals surface area contributed by atoms with Crippen LogP contribution in [0, 0.1) is 20.9 Å². The van der Waals surface area contributed by atoms with Gasteiger partial charge in [0.05, 0.1) is 24.6 Å². The molecule has 138 valence electrons. The number of benzene rings is 1. The number of likely N-dealkylation sites (tertiary alicyclic amines) is 1. The van der Waals surface area contributed by atoms with E-state index in [1.807, 2.05) is 0 Å². The Morgan fingerprint density at radius 1 is 1.46 bits per heavy atom. The van der Waals surface area contributed by atoms with Gasteiger partial charge in [-0.2, -0.15) is 0 Å². The number of esters is 1. The van der Waals surface area contributed by atoms with Crippen molar-refractivity contribution in [3.05, 3.63) is 39.2 Å². The molecule has 0 atom stereocenters. The maximum Gasteiger partial charge on any atom is 0.308 e. The number of hydrogen-bond acceptors (Lipinski definition) is 8. The zero-order chi connectivity index (χ0) is 18.7. The molecule has 0 amide bonds. The molecule has 0 spiro atoms. The Kier molecular flexibility index (Phi) is 5.43. The lowest BCUT2D eigenvalue weighted by molar-refractivity contribution is -0.384. The van der Waals surface area contributed by atoms with Gasteiger partial charge < -0.3 is 9.15 Å². The Labute approximate surface area is 154 Å². The molecule has 0 saturated carbocycles. The summed E-state index contributed by atoms with van der Waals surface area (Å²) in [6.07, 6.45) is 1.44. The molecule has 1 aliphatic heterocycles. The highest BCUT2D eigenvalue weighted by Gasteiger charge is 2.26. The Morgan fingerprint density at radius 2 is 2.19 bits per heavy atom. The van der Waals surface area contributed by atoms with E-state index >= 15 is 0 Å². The number of nitro groups is 1. The second-order valence-corrected chi connectivity index (χ2v) is 6.39. The van der Waals surface area contributed by atoms with E-state index < -0.39 is 4.92 Å². The standard InChI is InChI=1S/C16H18N4O5S/c1-24-15(21)11-5-7-18(8-6-11)10-19-16(26)25-14(17-19)12-3-2-4-13(9-12)20(22)23/h2-4,9,11H,5-8,10H2,1H3. The largest absolute Gasteiger partial charge is 0.469 e. The van der Waals surface area contributed by atoms with Crippen LogP contribution in [0.2, 0.25) is 0 Å². The van der Waals surface area contributed by atoms with Crippen LogP contribution >= 0.6 is 12.2 Å². The Balaban J connectivity index is 1.70. The summed E-state index contributed by atoms with van der Waals surface area (Å²) < 4.78 is 11.8. The fraction of sp³-hybridized carbons (Fsp3) is 0.438. The molecule has 0 unspecified atom stereocenters. The van der Waals surface area contributed by atoms with Crippen molar-refractivity contribution < 1.29 is 18.9 Å². The summed E-state index contributed by atoms with van der Waals surface area (Å²) in [4.78, 5) is 24.3. The second-order valence-electron chi connectivity index (χ2n) is 6.04. The first-order valence-corrected chi connectivity index (χ1v) is 8.51. The van der Waals surface area contributed by atoms with E-state index in [0.29, 0.717) is 12.2 Å². The highest BCUT2D eigenvalue weighted by atomic mass is 32.1. The molecule has 0 N–H and O–H groups in total. The van der Waals surface area contributed by atoms with Crippen LogP contribution in [0.1, 0.15) is 12.8 Å². The zero-order valence-corrected chi connectivity index (χ0v) is 15.0. The van der Waals surface area contributed by atoms with E-state index in [-0.39, 0.29) is 28.3 Å². The zero-order valence-electron chi connectivity index (χ0n) is 14.2. The first-order valence-electron chi connectivity index (χ1n) is 8.11. The monoisotopic (exact) mass is 378 g/mol. The van der Waals surface area contributed by atoms with Crippen LogP contribution in [0.5, 0.6) is 0 Å². The topological polar surface area (TPSA) is 104 Å². The van der Waals surface area contributed by atoms with E-state index in [1.54, 1.807) is 16.8 Å². The SMILES string of the molecule is COC(=O)C1CCN(Cn2nc(-c3cccc([N+](=O)[O-])c3)oc2=S)CC1. The summed E-state index contributed by atoms with van der Waals surface area (Å²) >= 11 is 5.21. The number of nitro benzene ring substituents is 1. The third-order valence-electron chi connectivity index (χ3n) is 4.37. The quantitative estimate of drug-likeness (QED) is 0.338. The summed E-state index contributed by atoms with van der Waals surface area (Å²) in [7, 11) is 1.40. The van der Waals surface area contributed by atoms with Gasteiger partial charge in [-0.05, 0) is 31.1 Å². The fourth-order valence-corrected chi connectivity index (χ4v) is 3.11. The summed E-state index contributed by atoms with van der Waals surface area (Å²) in [5, 5.41) is 15.2. The van der Waals surface area contributed by atoms with Gasteiger partial charge in [-0.15, -0.1) is 5.10 Å². The average Bonchev–Trinajstić information content (AvgIpc) is 3.02. The average molecular weight is 378 g/mol. The highest BCUT2D eigenvalue weighted by Crippen LogP contribution is 2.23. The van der Waals surface area contributed by atoms with Crippen molar-refractivity contribution in [1.82, 2.24) is 14.7 Å². The molecule has 3 rings (SSSR count). The summed E-state index contributed by atoms with van der Waals surface area (Å²) in [6.45, 7) is 1.88. The van der Waals surface area contributed by atoms with Crippen molar-refractivity contribution in [2.45, 2.75) is 19.5 Å². The third kappa shape index (κ3) is 3.97. The lowest BCUT2D eigenvalue weighted by Gasteiger charge is -2.29. The van der Waals surface area contributed by atoms with Gasteiger partial charge in [-0.25, -0.2) is 4.68 Å². The molecule has 0 radical (unpaired) electrons. The first kappa shape index (κ1) is 18.2. The number of hydrogen-bond donors (Lipinski definition) is 0. The molecule has 0 bridgehead atoms. The minimum Gasteiger partial charge on any atom is -0.469 e. The van der Waals surface area contributed by atoms with Gasteiger partial charge in [0.1, 0.15) is 0 Å². The summed E-state index contributed by atoms with van der Waals surface area (Å²) in [5.74, 6) is 0.000706. The number of carbonyl (C=O) groups excluding carboxylic acids is 1. The highest BCUT2D eigenvalue weighted by molar-refractivity contribution is 7.71. The van der Waals surface area contributed by atoms with E-state index in [9.17, 15) is 14.9 Å². The van der Waals surface area contributed by atoms with E-state index in [0.717, 1.165) is 25.9 Å². The number of piperidine rings is 1. The minimum atomic E-state index is -0.472. The maximum atomic E-state index is 11.6. The van der Waals surface area contributed by atoms with Gasteiger partial charge in [-0.1, -0.05) is 6.07 Å². The second kappa shape index (κ2) is 7.75. The minimum absolute atomic E-state index is 0.0388. The van der Waals surface area contributed by atoms with Crippen molar-refractivity contribution in [1.29, 1.82) is 0 Å². The van der Waals surface area contributed by atoms with Crippen LogP contribution in [0.15, 0.2) is 28.7 Å². The van der Waals surface area contributed by atoms with Crippen LogP contribution in [0.3, 0.4) is 0 Å². The van der Waals surface area contributed by atoms with Gasteiger partial charge in [0, 0.05) is 30.8 Å². The number of aromatic nitrogens is 2. The van der Waals surface area contributed by atoms with Crippen LogP contribution in [0.4, 0.5) is 5.69 Å². The summed E-state index contributed by atoms with van der Waals surface area (Å²) in [6, 6.07) is 6.05. The molecule has 1 saturated heterocycles. The molecule has 10 heteroatoms. The molecule has 1 aromatic carbocycles. The lowest BCUT2D eigenvalue weighted by atomic mass is 9.97. The number of methoxy groups -OCH3 is 1. The van der Waals surface area contributed by atoms with Gasteiger partial charge >= 0.3 is 5.97 Å². The lowest BCUT2D eigenvalue weighted by Crippen LogP contribution is -2.38. The van der Waals surface area contributed by atoms with E-state index in [2.05, 4.69) is 10.00 Å². The molecule has 1 aliphatic rings. The Hall–Kier alpha value is -2.59. The predicted octanol–water partition coefficient (Wildman–Crippen LogP) is 2.62. The predicted molar refractivity (Wildman–Crippen MR) is 93.7 cm³/mol. The Morgan fingerprint density at radius 3 is 2.85 bits per heavy atom. The number of non-ortho nitro benzene ring substituents is 1.